The number of hydrogen-bond donors (Lipinski definition) is 2. The van der Waals surface area contributed by atoms with Crippen LogP contribution in [0.5, 0.6) is 11.5 Å². The van der Waals surface area contributed by atoms with E-state index in [0.29, 0.717) is 46.5 Å². The monoisotopic (exact) mass is 507 g/mol. The Kier molecular flexibility index (Phi) is 6.32. The van der Waals surface area contributed by atoms with Crippen LogP contribution >= 0.6 is 11.6 Å². The van der Waals surface area contributed by atoms with Crippen LogP contribution in [0.2, 0.25) is 5.02 Å². The second-order valence-electron chi connectivity index (χ2n) is 9.05. The van der Waals surface area contributed by atoms with Crippen LogP contribution in [0.25, 0.3) is 0 Å². The molecule has 3 aromatic rings. The minimum absolute atomic E-state index is 0.315. The number of nitro groups is 1. The van der Waals surface area contributed by atoms with Gasteiger partial charge in [-0.05, 0) is 55.3 Å². The van der Waals surface area contributed by atoms with Crippen LogP contribution in [0.1, 0.15) is 36.5 Å². The van der Waals surface area contributed by atoms with E-state index < -0.39 is 23.4 Å². The average Bonchev–Trinajstić information content (AvgIpc) is 3.33. The summed E-state index contributed by atoms with van der Waals surface area (Å²) < 4.78 is 11.9. The van der Waals surface area contributed by atoms with Crippen molar-refractivity contribution in [1.29, 1.82) is 0 Å². The van der Waals surface area contributed by atoms with Crippen LogP contribution < -0.4 is 20.1 Å². The van der Waals surface area contributed by atoms with Crippen molar-refractivity contribution in [3.8, 4) is 11.5 Å². The van der Waals surface area contributed by atoms with E-state index in [-0.39, 0.29) is 11.0 Å². The summed E-state index contributed by atoms with van der Waals surface area (Å²) in [5.41, 5.74) is 1.38. The van der Waals surface area contributed by atoms with Crippen LogP contribution in [0, 0.1) is 10.1 Å². The molecule has 0 aliphatic carbocycles. The zero-order valence-electron chi connectivity index (χ0n) is 19.9. The molecule has 0 radical (unpaired) electrons. The lowest BCUT2D eigenvalue weighted by Crippen LogP contribution is -2.54. The van der Waals surface area contributed by atoms with Gasteiger partial charge >= 0.3 is 0 Å². The number of amides is 1. The van der Waals surface area contributed by atoms with Gasteiger partial charge in [-0.2, -0.15) is 0 Å². The lowest BCUT2D eigenvalue weighted by Gasteiger charge is -2.25. The standard InChI is InChI=1S/C27H26ClN3O5/c1-3-35-23-14-18(10-13-22(23)36-15-17-8-11-19(28)12-9-17)24-16(2)30-27(25(24)31(33)34)20-6-4-5-7-21(20)29-26(27)32/h4-14,16,24-25,30H,3,15H2,1-2H3,(H,29,32)/t16-,24-,25+,27-/m0/s1. The number of carbonyl (C=O) groups excluding carboxylic acids is 1. The second kappa shape index (κ2) is 9.44. The molecule has 0 unspecified atom stereocenters. The smallest absolute Gasteiger partial charge is 0.256 e. The Morgan fingerprint density at radius 1 is 1.06 bits per heavy atom. The van der Waals surface area contributed by atoms with Crippen molar-refractivity contribution in [3.63, 3.8) is 0 Å². The van der Waals surface area contributed by atoms with Crippen molar-refractivity contribution in [1.82, 2.24) is 5.32 Å². The molecule has 0 saturated carbocycles. The molecule has 2 aliphatic heterocycles. The van der Waals surface area contributed by atoms with Crippen molar-refractivity contribution in [3.05, 3.63) is 98.6 Å². The fraction of sp³-hybridized carbons (Fsp3) is 0.296. The van der Waals surface area contributed by atoms with Gasteiger partial charge in [0.2, 0.25) is 0 Å². The summed E-state index contributed by atoms with van der Waals surface area (Å²) in [5.74, 6) is 0.0371. The van der Waals surface area contributed by atoms with Gasteiger partial charge in [0.25, 0.3) is 11.9 Å². The number of nitrogens with zero attached hydrogens (tertiary/aromatic N) is 1. The van der Waals surface area contributed by atoms with E-state index >= 15 is 0 Å². The average molecular weight is 508 g/mol. The van der Waals surface area contributed by atoms with Gasteiger partial charge in [0.15, 0.2) is 17.0 Å². The summed E-state index contributed by atoms with van der Waals surface area (Å²) >= 11 is 5.96. The molecule has 2 heterocycles. The number of hydrogen-bond acceptors (Lipinski definition) is 6. The normalized spacial score (nSPS) is 24.4. The van der Waals surface area contributed by atoms with Gasteiger partial charge in [-0.3, -0.25) is 20.2 Å². The van der Waals surface area contributed by atoms with Crippen molar-refractivity contribution in [2.45, 2.75) is 44.0 Å². The molecule has 5 rings (SSSR count). The Balaban J connectivity index is 1.50. The topological polar surface area (TPSA) is 103 Å². The highest BCUT2D eigenvalue weighted by molar-refractivity contribution is 6.30. The highest BCUT2D eigenvalue weighted by Crippen LogP contribution is 2.50. The first-order valence-electron chi connectivity index (χ1n) is 11.8. The zero-order chi connectivity index (χ0) is 25.4. The number of para-hydroxylation sites is 1. The summed E-state index contributed by atoms with van der Waals surface area (Å²) in [4.78, 5) is 25.4. The molecular formula is C27H26ClN3O5. The van der Waals surface area contributed by atoms with Crippen LogP contribution in [0.15, 0.2) is 66.7 Å². The summed E-state index contributed by atoms with van der Waals surface area (Å²) in [7, 11) is 0. The molecule has 186 valence electrons. The maximum Gasteiger partial charge on any atom is 0.256 e. The molecule has 36 heavy (non-hydrogen) atoms. The van der Waals surface area contributed by atoms with E-state index in [0.717, 1.165) is 5.56 Å². The largest absolute Gasteiger partial charge is 0.490 e. The predicted octanol–water partition coefficient (Wildman–Crippen LogP) is 4.89. The summed E-state index contributed by atoms with van der Waals surface area (Å²) in [6.45, 7) is 4.45. The van der Waals surface area contributed by atoms with Crippen LogP contribution in [0.3, 0.4) is 0 Å². The van der Waals surface area contributed by atoms with Crippen molar-refractivity contribution in [2.24, 2.45) is 0 Å². The highest BCUT2D eigenvalue weighted by atomic mass is 35.5. The molecule has 1 fully saturated rings. The van der Waals surface area contributed by atoms with Gasteiger partial charge in [-0.25, -0.2) is 0 Å². The third-order valence-corrected chi connectivity index (χ3v) is 7.18. The Morgan fingerprint density at radius 2 is 1.81 bits per heavy atom. The van der Waals surface area contributed by atoms with Crippen molar-refractivity contribution < 1.29 is 19.2 Å². The van der Waals surface area contributed by atoms with Crippen molar-refractivity contribution >= 4 is 23.2 Å². The molecule has 2 N–H and O–H groups in total. The summed E-state index contributed by atoms with van der Waals surface area (Å²) in [6.07, 6.45) is 0. The number of carbonyl (C=O) groups is 1. The minimum atomic E-state index is -1.46. The Labute approximate surface area is 213 Å². The number of rotatable bonds is 7. The van der Waals surface area contributed by atoms with E-state index in [2.05, 4.69) is 10.6 Å². The molecule has 0 aromatic heterocycles. The first-order chi connectivity index (χ1) is 17.3. The maximum absolute atomic E-state index is 13.2. The van der Waals surface area contributed by atoms with Gasteiger partial charge in [0.05, 0.1) is 12.5 Å². The molecule has 1 amide bonds. The first-order valence-corrected chi connectivity index (χ1v) is 12.2. The van der Waals surface area contributed by atoms with E-state index in [4.69, 9.17) is 21.1 Å². The van der Waals surface area contributed by atoms with Crippen LogP contribution in [-0.2, 0) is 16.9 Å². The number of nitrogens with one attached hydrogen (secondary N) is 2. The van der Waals surface area contributed by atoms with Gasteiger partial charge in [-0.1, -0.05) is 48.0 Å². The SMILES string of the molecule is CCOc1cc([C@@H]2[C@H](C)N[C@]3(C(=O)Nc4ccccc43)[C@@H]2[N+](=O)[O-])ccc1OCc1ccc(Cl)cc1. The fourth-order valence-electron chi connectivity index (χ4n) is 5.41. The molecule has 8 nitrogen and oxygen atoms in total. The van der Waals surface area contributed by atoms with Gasteiger partial charge in [0, 0.05) is 27.2 Å². The predicted molar refractivity (Wildman–Crippen MR) is 136 cm³/mol. The maximum atomic E-state index is 13.2. The molecule has 1 saturated heterocycles. The second-order valence-corrected chi connectivity index (χ2v) is 9.49. The molecule has 3 aromatic carbocycles. The molecule has 9 heteroatoms. The molecule has 1 spiro atoms. The lowest BCUT2D eigenvalue weighted by atomic mass is 9.78. The number of anilines is 1. The number of halogens is 1. The molecule has 2 aliphatic rings. The molecule has 4 atom stereocenters. The Bertz CT molecular complexity index is 1320. The molecular weight excluding hydrogens is 482 g/mol. The first kappa shape index (κ1) is 24.1. The van der Waals surface area contributed by atoms with E-state index in [1.807, 2.05) is 32.0 Å². The van der Waals surface area contributed by atoms with Gasteiger partial charge < -0.3 is 14.8 Å². The van der Waals surface area contributed by atoms with Gasteiger partial charge in [0.1, 0.15) is 6.61 Å². The van der Waals surface area contributed by atoms with E-state index in [1.54, 1.807) is 48.5 Å². The number of benzene rings is 3. The number of fused-ring (bicyclic) bond motifs is 2. The Hall–Kier alpha value is -3.62. The van der Waals surface area contributed by atoms with E-state index in [9.17, 15) is 14.9 Å². The third-order valence-electron chi connectivity index (χ3n) is 6.92. The minimum Gasteiger partial charge on any atom is -0.490 e. The lowest BCUT2D eigenvalue weighted by molar-refractivity contribution is -0.532. The fourth-order valence-corrected chi connectivity index (χ4v) is 5.54. The third kappa shape index (κ3) is 3.96. The van der Waals surface area contributed by atoms with Gasteiger partial charge in [-0.15, -0.1) is 0 Å². The number of ether oxygens (including phenoxy) is 2. The summed E-state index contributed by atoms with van der Waals surface area (Å²) in [6, 6.07) is 18.3. The zero-order valence-corrected chi connectivity index (χ0v) is 20.6. The quantitative estimate of drug-likeness (QED) is 0.349. The van der Waals surface area contributed by atoms with E-state index in [1.165, 1.54) is 0 Å². The van der Waals surface area contributed by atoms with Crippen molar-refractivity contribution in [2.75, 3.05) is 11.9 Å². The van der Waals surface area contributed by atoms with Crippen LogP contribution in [0.4, 0.5) is 5.69 Å². The molecule has 0 bridgehead atoms. The Morgan fingerprint density at radius 3 is 2.53 bits per heavy atom. The highest BCUT2D eigenvalue weighted by Gasteiger charge is 2.67. The summed E-state index contributed by atoms with van der Waals surface area (Å²) in [5, 5.41) is 19.3. The van der Waals surface area contributed by atoms with Crippen LogP contribution in [-0.4, -0.2) is 29.5 Å².